The van der Waals surface area contributed by atoms with E-state index in [1.807, 2.05) is 12.1 Å². The van der Waals surface area contributed by atoms with Crippen molar-refractivity contribution in [1.82, 2.24) is 20.3 Å². The first-order valence-corrected chi connectivity index (χ1v) is 9.94. The van der Waals surface area contributed by atoms with Crippen LogP contribution in [0.1, 0.15) is 11.8 Å². The van der Waals surface area contributed by atoms with Crippen molar-refractivity contribution in [2.45, 2.75) is 6.10 Å². The van der Waals surface area contributed by atoms with Gasteiger partial charge in [-0.1, -0.05) is 24.3 Å². The third kappa shape index (κ3) is 3.95. The highest BCUT2D eigenvalue weighted by Crippen LogP contribution is 2.32. The molecule has 2 N–H and O–H groups in total. The minimum atomic E-state index is -0.639. The van der Waals surface area contributed by atoms with Gasteiger partial charge in [-0.25, -0.2) is 18.7 Å². The summed E-state index contributed by atoms with van der Waals surface area (Å²) in [6.45, 7) is 2.22. The van der Waals surface area contributed by atoms with Gasteiger partial charge in [0.15, 0.2) is 0 Å². The largest absolute Gasteiger partial charge is 0.369 e. The number of hydrogen-bond acceptors (Lipinski definition) is 6. The molecule has 1 atom stereocenters. The van der Waals surface area contributed by atoms with E-state index in [4.69, 9.17) is 4.74 Å². The Morgan fingerprint density at radius 1 is 0.968 bits per heavy atom. The summed E-state index contributed by atoms with van der Waals surface area (Å²) in [4.78, 5) is 13.3. The highest BCUT2D eigenvalue weighted by molar-refractivity contribution is 5.94. The van der Waals surface area contributed by atoms with Gasteiger partial charge in [-0.15, -0.1) is 0 Å². The van der Waals surface area contributed by atoms with Crippen molar-refractivity contribution in [3.63, 3.8) is 0 Å². The fraction of sp³-hybridized carbons (Fsp3) is 0.174. The van der Waals surface area contributed by atoms with E-state index in [1.54, 1.807) is 30.6 Å². The van der Waals surface area contributed by atoms with E-state index in [9.17, 15) is 8.78 Å². The summed E-state index contributed by atoms with van der Waals surface area (Å²) in [7, 11) is 0. The van der Waals surface area contributed by atoms with Crippen molar-refractivity contribution in [3.05, 3.63) is 78.3 Å². The number of nitrogens with one attached hydrogen (secondary N) is 2. The number of benzene rings is 2. The molecule has 1 aliphatic rings. The lowest BCUT2D eigenvalue weighted by molar-refractivity contribution is 0.0250. The molecule has 1 unspecified atom stereocenters. The standard InChI is InChI=1S/C23H19F2N5O/c24-17-5-2-6-18(25)21(17)16-4-1-3-14-11-28-23(30-22(14)16)29-15-7-8-19(27-12-15)20-13-26-9-10-31-20/h1-8,11-12,20,26H,9-10,13H2,(H,28,29,30). The molecule has 1 aliphatic heterocycles. The van der Waals surface area contributed by atoms with Gasteiger partial charge in [-0.3, -0.25) is 4.98 Å². The normalized spacial score (nSPS) is 16.4. The molecular weight excluding hydrogens is 400 g/mol. The molecule has 156 valence electrons. The quantitative estimate of drug-likeness (QED) is 0.512. The smallest absolute Gasteiger partial charge is 0.227 e. The van der Waals surface area contributed by atoms with Crippen molar-refractivity contribution in [2.75, 3.05) is 25.0 Å². The lowest BCUT2D eigenvalue weighted by atomic mass is 10.0. The van der Waals surface area contributed by atoms with Crippen LogP contribution < -0.4 is 10.6 Å². The first-order chi connectivity index (χ1) is 15.2. The van der Waals surface area contributed by atoms with Gasteiger partial charge in [-0.2, -0.15) is 0 Å². The van der Waals surface area contributed by atoms with Crippen molar-refractivity contribution in [3.8, 4) is 11.1 Å². The highest BCUT2D eigenvalue weighted by atomic mass is 19.1. The zero-order valence-electron chi connectivity index (χ0n) is 16.5. The maximum atomic E-state index is 14.4. The number of rotatable bonds is 4. The van der Waals surface area contributed by atoms with Gasteiger partial charge in [0.2, 0.25) is 5.95 Å². The number of aromatic nitrogens is 3. The van der Waals surface area contributed by atoms with Crippen LogP contribution in [-0.4, -0.2) is 34.6 Å². The molecule has 0 spiro atoms. The average Bonchev–Trinajstić information content (AvgIpc) is 2.80. The number of pyridine rings is 1. The van der Waals surface area contributed by atoms with Crippen LogP contribution in [0.25, 0.3) is 22.0 Å². The summed E-state index contributed by atoms with van der Waals surface area (Å²) >= 11 is 0. The van der Waals surface area contributed by atoms with Crippen LogP contribution in [0.15, 0.2) is 60.9 Å². The molecule has 0 amide bonds. The van der Waals surface area contributed by atoms with Gasteiger partial charge < -0.3 is 15.4 Å². The molecule has 8 heteroatoms. The fourth-order valence-electron chi connectivity index (χ4n) is 3.63. The summed E-state index contributed by atoms with van der Waals surface area (Å²) in [5, 5.41) is 7.06. The summed E-state index contributed by atoms with van der Waals surface area (Å²) in [5.41, 5.74) is 2.25. The van der Waals surface area contributed by atoms with Crippen molar-refractivity contribution < 1.29 is 13.5 Å². The Morgan fingerprint density at radius 3 is 2.55 bits per heavy atom. The molecule has 4 aromatic rings. The molecule has 0 saturated carbocycles. The van der Waals surface area contributed by atoms with Gasteiger partial charge >= 0.3 is 0 Å². The maximum Gasteiger partial charge on any atom is 0.227 e. The molecule has 0 aliphatic carbocycles. The maximum absolute atomic E-state index is 14.4. The van der Waals surface area contributed by atoms with Gasteiger partial charge in [0, 0.05) is 30.2 Å². The van der Waals surface area contributed by atoms with E-state index in [1.165, 1.54) is 18.2 Å². The zero-order valence-corrected chi connectivity index (χ0v) is 16.5. The number of morpholine rings is 1. The molecule has 0 bridgehead atoms. The molecule has 1 fully saturated rings. The van der Waals surface area contributed by atoms with Crippen molar-refractivity contribution >= 4 is 22.5 Å². The Bertz CT molecular complexity index is 1210. The van der Waals surface area contributed by atoms with Gasteiger partial charge in [0.05, 0.1) is 35.3 Å². The van der Waals surface area contributed by atoms with E-state index in [0.29, 0.717) is 34.7 Å². The number of anilines is 2. The monoisotopic (exact) mass is 419 g/mol. The van der Waals surface area contributed by atoms with E-state index < -0.39 is 11.6 Å². The van der Waals surface area contributed by atoms with E-state index in [0.717, 1.165) is 18.8 Å². The van der Waals surface area contributed by atoms with Crippen LogP contribution in [-0.2, 0) is 4.74 Å². The number of nitrogens with zero attached hydrogens (tertiary/aromatic N) is 3. The SMILES string of the molecule is Fc1cccc(F)c1-c1cccc2cnc(Nc3ccc(C4CNCCO4)nc3)nc12. The average molecular weight is 419 g/mol. The Hall–Kier alpha value is -3.49. The summed E-state index contributed by atoms with van der Waals surface area (Å²) < 4.78 is 34.5. The number of fused-ring (bicyclic) bond motifs is 1. The van der Waals surface area contributed by atoms with Crippen LogP contribution in [0, 0.1) is 11.6 Å². The van der Waals surface area contributed by atoms with Crippen LogP contribution in [0.5, 0.6) is 0 Å². The number of para-hydroxylation sites is 1. The van der Waals surface area contributed by atoms with Crippen LogP contribution in [0.2, 0.25) is 0 Å². The lowest BCUT2D eigenvalue weighted by Gasteiger charge is -2.23. The van der Waals surface area contributed by atoms with Crippen LogP contribution in [0.4, 0.5) is 20.4 Å². The van der Waals surface area contributed by atoms with Gasteiger partial charge in [-0.05, 0) is 24.3 Å². The molecule has 3 heterocycles. The Morgan fingerprint density at radius 2 is 1.81 bits per heavy atom. The Labute approximate surface area is 177 Å². The second kappa shape index (κ2) is 8.33. The third-order valence-electron chi connectivity index (χ3n) is 5.14. The van der Waals surface area contributed by atoms with E-state index in [-0.39, 0.29) is 11.7 Å². The first-order valence-electron chi connectivity index (χ1n) is 9.94. The Kier molecular flexibility index (Phi) is 5.23. The number of ether oxygens (including phenoxy) is 1. The summed E-state index contributed by atoms with van der Waals surface area (Å²) in [6.07, 6.45) is 3.23. The first kappa shape index (κ1) is 19.5. The minimum absolute atomic E-state index is 0.0713. The number of hydrogen-bond donors (Lipinski definition) is 2. The summed E-state index contributed by atoms with van der Waals surface area (Å²) in [5.74, 6) is -0.971. The molecule has 6 nitrogen and oxygen atoms in total. The molecule has 5 rings (SSSR count). The molecule has 2 aromatic heterocycles. The predicted molar refractivity (Wildman–Crippen MR) is 114 cm³/mol. The summed E-state index contributed by atoms with van der Waals surface area (Å²) in [6, 6.07) is 12.7. The molecule has 0 radical (unpaired) electrons. The van der Waals surface area contributed by atoms with Crippen LogP contribution >= 0.6 is 0 Å². The van der Waals surface area contributed by atoms with Crippen molar-refractivity contribution in [2.24, 2.45) is 0 Å². The zero-order chi connectivity index (χ0) is 21.2. The molecule has 1 saturated heterocycles. The predicted octanol–water partition coefficient (Wildman–Crippen LogP) is 4.37. The topological polar surface area (TPSA) is 72.0 Å². The minimum Gasteiger partial charge on any atom is -0.369 e. The van der Waals surface area contributed by atoms with Crippen molar-refractivity contribution in [1.29, 1.82) is 0 Å². The molecular formula is C23H19F2N5O. The van der Waals surface area contributed by atoms with Crippen LogP contribution in [0.3, 0.4) is 0 Å². The second-order valence-electron chi connectivity index (χ2n) is 7.19. The van der Waals surface area contributed by atoms with Gasteiger partial charge in [0.25, 0.3) is 0 Å². The molecule has 2 aromatic carbocycles. The fourth-order valence-corrected chi connectivity index (χ4v) is 3.63. The van der Waals surface area contributed by atoms with E-state index >= 15 is 0 Å². The lowest BCUT2D eigenvalue weighted by Crippen LogP contribution is -2.33. The van der Waals surface area contributed by atoms with E-state index in [2.05, 4.69) is 25.6 Å². The van der Waals surface area contributed by atoms with Gasteiger partial charge in [0.1, 0.15) is 17.7 Å². The Balaban J connectivity index is 1.46. The number of halogens is 2. The molecule has 31 heavy (non-hydrogen) atoms. The highest BCUT2D eigenvalue weighted by Gasteiger charge is 2.17. The second-order valence-corrected chi connectivity index (χ2v) is 7.19. The third-order valence-corrected chi connectivity index (χ3v) is 5.14.